The largest absolute Gasteiger partial charge is 0.389 e. The lowest BCUT2D eigenvalue weighted by molar-refractivity contribution is -0.137. The molecule has 0 saturated heterocycles. The second-order valence-electron chi connectivity index (χ2n) is 3.25. The molecule has 0 rings (SSSR count). The van der Waals surface area contributed by atoms with Gasteiger partial charge in [0.1, 0.15) is 0 Å². The molecule has 78 valence electrons. The predicted molar refractivity (Wildman–Crippen MR) is 41.7 cm³/mol. The van der Waals surface area contributed by atoms with Crippen molar-refractivity contribution in [2.24, 2.45) is 11.5 Å². The van der Waals surface area contributed by atoms with Crippen LogP contribution in [-0.4, -0.2) is 17.6 Å². The molecule has 0 saturated carbocycles. The fourth-order valence-corrected chi connectivity index (χ4v) is 0.779. The molecule has 0 aromatic carbocycles. The fourth-order valence-electron chi connectivity index (χ4n) is 0.779. The average molecular weight is 198 g/mol. The minimum absolute atomic E-state index is 0.0537. The van der Waals surface area contributed by atoms with Crippen LogP contribution in [0, 0.1) is 0 Å². The predicted octanol–water partition coefficient (Wildman–Crippen LogP) is 0.922. The van der Waals surface area contributed by atoms with E-state index in [1.54, 1.807) is 0 Å². The van der Waals surface area contributed by atoms with E-state index in [0.717, 1.165) is 0 Å². The van der Waals surface area contributed by atoms with Crippen molar-refractivity contribution in [3.8, 4) is 0 Å². The molecule has 1 amide bonds. The molecule has 1 atom stereocenters. The molecular weight excluding hydrogens is 185 g/mol. The summed E-state index contributed by atoms with van der Waals surface area (Å²) in [4.78, 5) is 10.6. The summed E-state index contributed by atoms with van der Waals surface area (Å²) in [7, 11) is 0. The molecule has 13 heavy (non-hydrogen) atoms. The summed E-state index contributed by atoms with van der Waals surface area (Å²) >= 11 is 0. The lowest BCUT2D eigenvalue weighted by atomic mass is 9.95. The molecule has 0 aliphatic heterocycles. The zero-order chi connectivity index (χ0) is 10.7. The van der Waals surface area contributed by atoms with Gasteiger partial charge >= 0.3 is 6.18 Å². The van der Waals surface area contributed by atoms with Crippen LogP contribution in [0.4, 0.5) is 13.2 Å². The van der Waals surface area contributed by atoms with E-state index in [0.29, 0.717) is 0 Å². The first-order valence-electron chi connectivity index (χ1n) is 3.81. The van der Waals surface area contributed by atoms with Crippen molar-refractivity contribution in [1.82, 2.24) is 0 Å². The second-order valence-corrected chi connectivity index (χ2v) is 3.25. The topological polar surface area (TPSA) is 69.1 Å². The number of hydrogen-bond donors (Lipinski definition) is 2. The summed E-state index contributed by atoms with van der Waals surface area (Å²) in [6.45, 7) is 1.33. The average Bonchev–Trinajstić information content (AvgIpc) is 1.82. The Kier molecular flexibility index (Phi) is 3.71. The highest BCUT2D eigenvalue weighted by Crippen LogP contribution is 2.24. The van der Waals surface area contributed by atoms with Gasteiger partial charge in [-0.25, -0.2) is 0 Å². The van der Waals surface area contributed by atoms with E-state index in [9.17, 15) is 18.0 Å². The van der Waals surface area contributed by atoms with Crippen molar-refractivity contribution in [2.75, 3.05) is 0 Å². The first-order chi connectivity index (χ1) is 5.65. The van der Waals surface area contributed by atoms with Gasteiger partial charge in [-0.15, -0.1) is 0 Å². The molecule has 0 spiro atoms. The number of amides is 1. The smallest absolute Gasteiger partial charge is 0.368 e. The third kappa shape index (κ3) is 5.46. The molecule has 0 radical (unpaired) electrons. The lowest BCUT2D eigenvalue weighted by Gasteiger charge is -2.20. The molecule has 0 aliphatic carbocycles. The van der Waals surface area contributed by atoms with Crippen LogP contribution in [-0.2, 0) is 4.79 Å². The first-order valence-corrected chi connectivity index (χ1v) is 3.81. The minimum atomic E-state index is -4.20. The van der Waals surface area contributed by atoms with E-state index in [-0.39, 0.29) is 12.8 Å². The van der Waals surface area contributed by atoms with Gasteiger partial charge in [-0.1, -0.05) is 0 Å². The maximum absolute atomic E-state index is 11.7. The van der Waals surface area contributed by atoms with E-state index in [1.807, 2.05) is 0 Å². The Labute approximate surface area is 74.3 Å². The van der Waals surface area contributed by atoms with Crippen molar-refractivity contribution in [3.05, 3.63) is 0 Å². The van der Waals surface area contributed by atoms with Crippen LogP contribution < -0.4 is 11.5 Å². The summed E-state index contributed by atoms with van der Waals surface area (Å²) in [5.41, 5.74) is 8.88. The third-order valence-electron chi connectivity index (χ3n) is 1.72. The molecule has 0 fully saturated rings. The summed E-state index contributed by atoms with van der Waals surface area (Å²) in [6.07, 6.45) is -5.37. The van der Waals surface area contributed by atoms with Crippen LogP contribution in [0.25, 0.3) is 0 Å². The zero-order valence-corrected chi connectivity index (χ0v) is 7.32. The normalized spacial score (nSPS) is 16.7. The standard InChI is InChI=1S/C7H13F3N2O/c1-6(12,5(11)13)3-2-4-7(8,9)10/h2-4,12H2,1H3,(H2,11,13). The fraction of sp³-hybridized carbons (Fsp3) is 0.857. The number of alkyl halides is 3. The molecule has 3 nitrogen and oxygen atoms in total. The Morgan fingerprint density at radius 2 is 1.77 bits per heavy atom. The van der Waals surface area contributed by atoms with Gasteiger partial charge in [0.15, 0.2) is 0 Å². The third-order valence-corrected chi connectivity index (χ3v) is 1.72. The minimum Gasteiger partial charge on any atom is -0.368 e. The Balaban J connectivity index is 3.84. The number of hydrogen-bond acceptors (Lipinski definition) is 2. The van der Waals surface area contributed by atoms with Gasteiger partial charge < -0.3 is 11.5 Å². The number of rotatable bonds is 4. The number of halogens is 3. The molecule has 0 aliphatic rings. The Hall–Kier alpha value is -0.780. The molecule has 6 heteroatoms. The van der Waals surface area contributed by atoms with E-state index in [2.05, 4.69) is 0 Å². The highest BCUT2D eigenvalue weighted by molar-refractivity contribution is 5.83. The van der Waals surface area contributed by atoms with Crippen molar-refractivity contribution in [3.63, 3.8) is 0 Å². The van der Waals surface area contributed by atoms with Crippen LogP contribution in [0.1, 0.15) is 26.2 Å². The van der Waals surface area contributed by atoms with Gasteiger partial charge in [-0.3, -0.25) is 4.79 Å². The summed E-state index contributed by atoms with van der Waals surface area (Å²) < 4.78 is 35.0. The van der Waals surface area contributed by atoms with E-state index < -0.39 is 24.0 Å². The summed E-state index contributed by atoms with van der Waals surface area (Å²) in [5.74, 6) is -0.783. The monoisotopic (exact) mass is 198 g/mol. The van der Waals surface area contributed by atoms with Crippen LogP contribution >= 0.6 is 0 Å². The molecule has 0 aromatic rings. The van der Waals surface area contributed by atoms with Gasteiger partial charge in [-0.05, 0) is 19.8 Å². The number of nitrogens with two attached hydrogens (primary N) is 2. The maximum Gasteiger partial charge on any atom is 0.389 e. The Morgan fingerprint density at radius 3 is 2.08 bits per heavy atom. The second kappa shape index (κ2) is 3.95. The molecule has 0 aromatic heterocycles. The van der Waals surface area contributed by atoms with Gasteiger partial charge in [-0.2, -0.15) is 13.2 Å². The van der Waals surface area contributed by atoms with Crippen molar-refractivity contribution in [1.29, 1.82) is 0 Å². The van der Waals surface area contributed by atoms with Crippen molar-refractivity contribution in [2.45, 2.75) is 37.9 Å². The highest BCUT2D eigenvalue weighted by atomic mass is 19.4. The molecule has 0 heterocycles. The summed E-state index contributed by atoms with van der Waals surface area (Å²) in [5, 5.41) is 0. The van der Waals surface area contributed by atoms with Crippen LogP contribution in [0.2, 0.25) is 0 Å². The van der Waals surface area contributed by atoms with Crippen molar-refractivity contribution < 1.29 is 18.0 Å². The Morgan fingerprint density at radius 1 is 1.31 bits per heavy atom. The van der Waals surface area contributed by atoms with Gasteiger partial charge in [0.25, 0.3) is 0 Å². The number of carbonyl (C=O) groups is 1. The van der Waals surface area contributed by atoms with Crippen LogP contribution in [0.3, 0.4) is 0 Å². The van der Waals surface area contributed by atoms with E-state index >= 15 is 0 Å². The van der Waals surface area contributed by atoms with E-state index in [4.69, 9.17) is 11.5 Å². The maximum atomic E-state index is 11.7. The molecule has 1 unspecified atom stereocenters. The Bertz CT molecular complexity index is 189. The highest BCUT2D eigenvalue weighted by Gasteiger charge is 2.30. The van der Waals surface area contributed by atoms with Gasteiger partial charge in [0.2, 0.25) is 5.91 Å². The summed E-state index contributed by atoms with van der Waals surface area (Å²) in [6, 6.07) is 0. The van der Waals surface area contributed by atoms with Crippen LogP contribution in [0.5, 0.6) is 0 Å². The molecular formula is C7H13F3N2O. The number of carbonyl (C=O) groups excluding carboxylic acids is 1. The van der Waals surface area contributed by atoms with Gasteiger partial charge in [0.05, 0.1) is 5.54 Å². The number of primary amides is 1. The molecule has 4 N–H and O–H groups in total. The quantitative estimate of drug-likeness (QED) is 0.705. The molecule has 0 bridgehead atoms. The van der Waals surface area contributed by atoms with Crippen LogP contribution in [0.15, 0.2) is 0 Å². The SMILES string of the molecule is CC(N)(CCCC(F)(F)F)C(N)=O. The lowest BCUT2D eigenvalue weighted by Crippen LogP contribution is -2.49. The van der Waals surface area contributed by atoms with Crippen molar-refractivity contribution >= 4 is 5.91 Å². The van der Waals surface area contributed by atoms with Gasteiger partial charge in [0, 0.05) is 6.42 Å². The first kappa shape index (κ1) is 12.2. The zero-order valence-electron chi connectivity index (χ0n) is 7.32. The van der Waals surface area contributed by atoms with E-state index in [1.165, 1.54) is 6.92 Å².